The Balaban J connectivity index is 2.77. The third kappa shape index (κ3) is 2.79. The van der Waals surface area contributed by atoms with Gasteiger partial charge in [-0.25, -0.2) is 4.59 Å². The highest BCUT2D eigenvalue weighted by atomic mass is 15.6. The van der Waals surface area contributed by atoms with Crippen molar-refractivity contribution >= 4 is 0 Å². The van der Waals surface area contributed by atoms with Crippen molar-refractivity contribution in [2.45, 2.75) is 20.4 Å². The second kappa shape index (κ2) is 4.53. The molecular formula is C11H20N3+. The molecule has 78 valence electrons. The van der Waals surface area contributed by atoms with Gasteiger partial charge < -0.3 is 0 Å². The van der Waals surface area contributed by atoms with Gasteiger partial charge in [-0.2, -0.15) is 5.43 Å². The van der Waals surface area contributed by atoms with E-state index in [9.17, 15) is 0 Å². The predicted molar refractivity (Wildman–Crippen MR) is 58.5 cm³/mol. The molecule has 1 heterocycles. The van der Waals surface area contributed by atoms with E-state index in [-0.39, 0.29) is 0 Å². The first kappa shape index (κ1) is 11.1. The fourth-order valence-corrected chi connectivity index (χ4v) is 1.39. The Hall–Kier alpha value is -0.930. The van der Waals surface area contributed by atoms with Crippen LogP contribution < -0.4 is 5.43 Å². The molecule has 14 heavy (non-hydrogen) atoms. The number of pyridine rings is 1. The number of hydrogen-bond donors (Lipinski definition) is 1. The molecule has 0 radical (unpaired) electrons. The summed E-state index contributed by atoms with van der Waals surface area (Å²) in [4.78, 5) is 4.50. The van der Waals surface area contributed by atoms with Crippen LogP contribution >= 0.6 is 0 Å². The average Bonchev–Trinajstić information content (AvgIpc) is 2.18. The second-order valence-electron chi connectivity index (χ2n) is 3.86. The zero-order valence-corrected chi connectivity index (χ0v) is 9.54. The van der Waals surface area contributed by atoms with E-state index < -0.39 is 0 Å². The van der Waals surface area contributed by atoms with Crippen LogP contribution in [0, 0.1) is 6.92 Å². The number of quaternary nitrogens is 1. The maximum Gasteiger partial charge on any atom is 0.139 e. The topological polar surface area (TPSA) is 24.9 Å². The van der Waals surface area contributed by atoms with Crippen LogP contribution in [0.4, 0.5) is 0 Å². The summed E-state index contributed by atoms with van der Waals surface area (Å²) >= 11 is 0. The van der Waals surface area contributed by atoms with Crippen molar-refractivity contribution in [3.8, 4) is 0 Å². The largest absolute Gasteiger partial charge is 0.252 e. The van der Waals surface area contributed by atoms with Crippen molar-refractivity contribution in [3.63, 3.8) is 0 Å². The smallest absolute Gasteiger partial charge is 0.139 e. The lowest BCUT2D eigenvalue weighted by molar-refractivity contribution is -0.961. The monoisotopic (exact) mass is 194 g/mol. The van der Waals surface area contributed by atoms with Crippen LogP contribution in [-0.2, 0) is 6.54 Å². The highest BCUT2D eigenvalue weighted by molar-refractivity contribution is 5.08. The van der Waals surface area contributed by atoms with Gasteiger partial charge in [-0.15, -0.1) is 0 Å². The molecule has 1 unspecified atom stereocenters. The molecule has 1 aromatic heterocycles. The van der Waals surface area contributed by atoms with Crippen molar-refractivity contribution in [2.75, 3.05) is 20.6 Å². The van der Waals surface area contributed by atoms with Crippen LogP contribution in [0.25, 0.3) is 0 Å². The van der Waals surface area contributed by atoms with Gasteiger partial charge in [0.2, 0.25) is 0 Å². The van der Waals surface area contributed by atoms with Crippen molar-refractivity contribution in [1.29, 1.82) is 0 Å². The van der Waals surface area contributed by atoms with E-state index in [0.29, 0.717) is 0 Å². The summed E-state index contributed by atoms with van der Waals surface area (Å²) < 4.78 is 0.816. The molecule has 1 aromatic rings. The number of aromatic nitrogens is 1. The molecule has 3 nitrogen and oxygen atoms in total. The molecule has 1 N–H and O–H groups in total. The van der Waals surface area contributed by atoms with E-state index in [1.165, 1.54) is 0 Å². The van der Waals surface area contributed by atoms with Gasteiger partial charge in [0.25, 0.3) is 0 Å². The molecule has 0 aliphatic heterocycles. The summed E-state index contributed by atoms with van der Waals surface area (Å²) in [5, 5.41) is 0. The first-order valence-corrected chi connectivity index (χ1v) is 5.06. The normalized spacial score (nSPS) is 15.1. The molecule has 0 saturated carbocycles. The number of nitrogens with one attached hydrogen (secondary N) is 1. The zero-order chi connectivity index (χ0) is 10.6. The van der Waals surface area contributed by atoms with E-state index in [1.54, 1.807) is 0 Å². The summed E-state index contributed by atoms with van der Waals surface area (Å²) in [6.07, 6.45) is 0. The summed E-state index contributed by atoms with van der Waals surface area (Å²) in [5.41, 5.74) is 5.52. The van der Waals surface area contributed by atoms with Crippen molar-refractivity contribution in [3.05, 3.63) is 29.6 Å². The van der Waals surface area contributed by atoms with E-state index in [2.05, 4.69) is 36.5 Å². The van der Waals surface area contributed by atoms with Crippen molar-refractivity contribution < 1.29 is 4.59 Å². The Morgan fingerprint density at radius 2 is 2.14 bits per heavy atom. The third-order valence-electron chi connectivity index (χ3n) is 2.69. The van der Waals surface area contributed by atoms with Gasteiger partial charge in [0, 0.05) is 12.7 Å². The van der Waals surface area contributed by atoms with Crippen LogP contribution in [0.5, 0.6) is 0 Å². The summed E-state index contributed by atoms with van der Waals surface area (Å²) in [6, 6.07) is 6.17. The van der Waals surface area contributed by atoms with E-state index >= 15 is 0 Å². The zero-order valence-electron chi connectivity index (χ0n) is 9.54. The Labute approximate surface area is 86.3 Å². The van der Waals surface area contributed by atoms with E-state index in [4.69, 9.17) is 0 Å². The number of rotatable bonds is 4. The Kier molecular flexibility index (Phi) is 3.61. The maximum atomic E-state index is 4.50. The maximum absolute atomic E-state index is 4.50. The Bertz CT molecular complexity index is 292. The fourth-order valence-electron chi connectivity index (χ4n) is 1.39. The molecule has 0 amide bonds. The fraction of sp³-hybridized carbons (Fsp3) is 0.545. The lowest BCUT2D eigenvalue weighted by Crippen LogP contribution is -2.52. The van der Waals surface area contributed by atoms with Gasteiger partial charge in [0.1, 0.15) is 6.54 Å². The SMILES string of the molecule is CC[N+](C)(Cc1cccc(C)n1)NC. The van der Waals surface area contributed by atoms with Crippen LogP contribution in [-0.4, -0.2) is 30.2 Å². The molecule has 1 rings (SSSR count). The second-order valence-corrected chi connectivity index (χ2v) is 3.86. The first-order chi connectivity index (χ1) is 6.59. The number of hydrogen-bond acceptors (Lipinski definition) is 2. The lowest BCUT2D eigenvalue weighted by Gasteiger charge is -2.30. The molecule has 1 atom stereocenters. The van der Waals surface area contributed by atoms with Crippen LogP contribution in [0.2, 0.25) is 0 Å². The van der Waals surface area contributed by atoms with Gasteiger partial charge in [0.15, 0.2) is 0 Å². The minimum Gasteiger partial charge on any atom is -0.252 e. The van der Waals surface area contributed by atoms with Gasteiger partial charge in [-0.1, -0.05) is 6.07 Å². The highest BCUT2D eigenvalue weighted by Crippen LogP contribution is 2.06. The van der Waals surface area contributed by atoms with Crippen molar-refractivity contribution in [1.82, 2.24) is 10.4 Å². The standard InChI is InChI=1S/C11H20N3/c1-5-14(4,12-3)9-11-8-6-7-10(2)13-11/h6-8,12H,5,9H2,1-4H3/q+1. The van der Waals surface area contributed by atoms with Crippen LogP contribution in [0.1, 0.15) is 18.3 Å². The molecule has 0 aliphatic carbocycles. The summed E-state index contributed by atoms with van der Waals surface area (Å²) in [6.45, 7) is 6.17. The molecule has 0 bridgehead atoms. The molecular weight excluding hydrogens is 174 g/mol. The minimum absolute atomic E-state index is 0.816. The number of nitrogens with zero attached hydrogens (tertiary/aromatic N) is 2. The van der Waals surface area contributed by atoms with E-state index in [1.807, 2.05) is 20.0 Å². The Morgan fingerprint density at radius 3 is 2.64 bits per heavy atom. The molecule has 0 aliphatic rings. The van der Waals surface area contributed by atoms with Gasteiger partial charge >= 0.3 is 0 Å². The lowest BCUT2D eigenvalue weighted by atomic mass is 10.3. The average molecular weight is 194 g/mol. The Morgan fingerprint density at radius 1 is 1.43 bits per heavy atom. The van der Waals surface area contributed by atoms with Crippen LogP contribution in [0.3, 0.4) is 0 Å². The first-order valence-electron chi connectivity index (χ1n) is 5.06. The van der Waals surface area contributed by atoms with E-state index in [0.717, 1.165) is 29.1 Å². The predicted octanol–water partition coefficient (Wildman–Crippen LogP) is 1.49. The quantitative estimate of drug-likeness (QED) is 0.580. The molecule has 0 fully saturated rings. The molecule has 0 saturated heterocycles. The third-order valence-corrected chi connectivity index (χ3v) is 2.69. The van der Waals surface area contributed by atoms with Gasteiger partial charge in [-0.3, -0.25) is 4.98 Å². The van der Waals surface area contributed by atoms with Gasteiger partial charge in [0.05, 0.1) is 19.3 Å². The van der Waals surface area contributed by atoms with Crippen molar-refractivity contribution in [2.24, 2.45) is 0 Å². The summed E-state index contributed by atoms with van der Waals surface area (Å²) in [7, 11) is 4.16. The molecule has 3 heteroatoms. The molecule has 0 aromatic carbocycles. The highest BCUT2D eigenvalue weighted by Gasteiger charge is 2.18. The minimum atomic E-state index is 0.816. The molecule has 0 spiro atoms. The summed E-state index contributed by atoms with van der Waals surface area (Å²) in [5.74, 6) is 0. The van der Waals surface area contributed by atoms with Gasteiger partial charge in [-0.05, 0) is 26.0 Å². The van der Waals surface area contributed by atoms with Crippen LogP contribution in [0.15, 0.2) is 18.2 Å². The number of aryl methyl sites for hydroxylation is 1.